The van der Waals surface area contributed by atoms with Gasteiger partial charge in [0.15, 0.2) is 0 Å². The number of carbonyl (C=O) groups is 2. The first kappa shape index (κ1) is 20.7. The molecule has 0 bridgehead atoms. The Balaban J connectivity index is 1.87. The van der Waals surface area contributed by atoms with Gasteiger partial charge in [0, 0.05) is 10.7 Å². The van der Waals surface area contributed by atoms with Crippen molar-refractivity contribution in [2.45, 2.75) is 13.8 Å². The Kier molecular flexibility index (Phi) is 5.53. The molecule has 6 heteroatoms. The smallest absolute Gasteiger partial charge is 0.282 e. The molecule has 0 unspecified atom stereocenters. The highest BCUT2D eigenvalue weighted by Gasteiger charge is 2.41. The highest BCUT2D eigenvalue weighted by Crippen LogP contribution is 2.38. The molecule has 0 radical (unpaired) electrons. The fraction of sp³-hybridized carbons (Fsp3) is 0.120. The van der Waals surface area contributed by atoms with Crippen LogP contribution in [0, 0.1) is 13.8 Å². The Bertz CT molecular complexity index is 1220. The zero-order valence-corrected chi connectivity index (χ0v) is 18.2. The standard InChI is InChI=1S/C25H21ClN2O3/c1-15-11-13-17(14-12-15)22-23(27-19-8-6-7-18(26)16(19)2)25(30)28(24(22)29)20-9-4-5-10-21(20)31-3/h4-14,27H,1-3H3. The summed E-state index contributed by atoms with van der Waals surface area (Å²) in [5.74, 6) is -0.433. The molecule has 3 aromatic rings. The highest BCUT2D eigenvalue weighted by molar-refractivity contribution is 6.46. The van der Waals surface area contributed by atoms with E-state index in [-0.39, 0.29) is 5.70 Å². The molecule has 1 heterocycles. The van der Waals surface area contributed by atoms with E-state index in [1.54, 1.807) is 36.4 Å². The molecule has 3 aromatic carbocycles. The van der Waals surface area contributed by atoms with E-state index in [0.29, 0.717) is 33.3 Å². The van der Waals surface area contributed by atoms with E-state index >= 15 is 0 Å². The molecule has 0 atom stereocenters. The fourth-order valence-corrected chi connectivity index (χ4v) is 3.72. The SMILES string of the molecule is COc1ccccc1N1C(=O)C(Nc2cccc(Cl)c2C)=C(c2ccc(C)cc2)C1=O. The van der Waals surface area contributed by atoms with Gasteiger partial charge in [-0.25, -0.2) is 4.90 Å². The highest BCUT2D eigenvalue weighted by atomic mass is 35.5. The minimum Gasteiger partial charge on any atom is -0.495 e. The molecule has 0 aromatic heterocycles. The van der Waals surface area contributed by atoms with E-state index in [9.17, 15) is 9.59 Å². The third kappa shape index (κ3) is 3.68. The van der Waals surface area contributed by atoms with Crippen molar-refractivity contribution in [3.63, 3.8) is 0 Å². The van der Waals surface area contributed by atoms with Crippen molar-refractivity contribution in [2.75, 3.05) is 17.3 Å². The number of nitrogens with one attached hydrogen (secondary N) is 1. The summed E-state index contributed by atoms with van der Waals surface area (Å²) in [6.07, 6.45) is 0. The van der Waals surface area contributed by atoms with E-state index in [4.69, 9.17) is 16.3 Å². The molecule has 0 spiro atoms. The number of aryl methyl sites for hydroxylation is 1. The number of carbonyl (C=O) groups excluding carboxylic acids is 2. The van der Waals surface area contributed by atoms with Gasteiger partial charge in [0.05, 0.1) is 18.4 Å². The van der Waals surface area contributed by atoms with E-state index < -0.39 is 11.8 Å². The Morgan fingerprint density at radius 1 is 0.871 bits per heavy atom. The van der Waals surface area contributed by atoms with Gasteiger partial charge in [-0.1, -0.05) is 59.6 Å². The molecule has 156 valence electrons. The zero-order valence-electron chi connectivity index (χ0n) is 17.4. The summed E-state index contributed by atoms with van der Waals surface area (Å²) in [6.45, 7) is 3.82. The first-order chi connectivity index (χ1) is 14.9. The molecule has 1 N–H and O–H groups in total. The maximum absolute atomic E-state index is 13.5. The number of methoxy groups -OCH3 is 1. The number of benzene rings is 3. The second-order valence-electron chi connectivity index (χ2n) is 7.27. The maximum Gasteiger partial charge on any atom is 0.282 e. The lowest BCUT2D eigenvalue weighted by atomic mass is 10.0. The lowest BCUT2D eigenvalue weighted by Crippen LogP contribution is -2.32. The summed E-state index contributed by atoms with van der Waals surface area (Å²) in [7, 11) is 1.51. The number of amides is 2. The van der Waals surface area contributed by atoms with Crippen molar-refractivity contribution in [1.29, 1.82) is 0 Å². The fourth-order valence-electron chi connectivity index (χ4n) is 3.54. The molecule has 2 amide bonds. The predicted octanol–water partition coefficient (Wildman–Crippen LogP) is 5.36. The first-order valence-electron chi connectivity index (χ1n) is 9.77. The number of rotatable bonds is 5. The van der Waals surface area contributed by atoms with E-state index in [1.807, 2.05) is 44.2 Å². The molecule has 1 aliphatic heterocycles. The van der Waals surface area contributed by atoms with Gasteiger partial charge in [-0.05, 0) is 49.2 Å². The number of para-hydroxylation sites is 2. The predicted molar refractivity (Wildman–Crippen MR) is 123 cm³/mol. The molecule has 5 nitrogen and oxygen atoms in total. The monoisotopic (exact) mass is 432 g/mol. The van der Waals surface area contributed by atoms with E-state index in [0.717, 1.165) is 16.0 Å². The zero-order chi connectivity index (χ0) is 22.1. The lowest BCUT2D eigenvalue weighted by molar-refractivity contribution is -0.120. The van der Waals surface area contributed by atoms with Crippen LogP contribution in [0.4, 0.5) is 11.4 Å². The van der Waals surface area contributed by atoms with Crippen LogP contribution in [0.3, 0.4) is 0 Å². The number of ether oxygens (including phenoxy) is 1. The second kappa shape index (κ2) is 8.28. The minimum atomic E-state index is -0.454. The molecule has 0 aliphatic carbocycles. The normalized spacial score (nSPS) is 13.7. The van der Waals surface area contributed by atoms with Crippen LogP contribution < -0.4 is 15.0 Å². The van der Waals surface area contributed by atoms with Crippen molar-refractivity contribution in [3.8, 4) is 5.75 Å². The number of hydrogen-bond donors (Lipinski definition) is 1. The van der Waals surface area contributed by atoms with Crippen molar-refractivity contribution < 1.29 is 14.3 Å². The summed E-state index contributed by atoms with van der Waals surface area (Å²) >= 11 is 6.26. The maximum atomic E-state index is 13.5. The number of imide groups is 1. The third-order valence-electron chi connectivity index (χ3n) is 5.28. The molecule has 1 aliphatic rings. The summed E-state index contributed by atoms with van der Waals surface area (Å²) in [6, 6.07) is 19.9. The largest absolute Gasteiger partial charge is 0.495 e. The van der Waals surface area contributed by atoms with Crippen LogP contribution in [0.25, 0.3) is 5.57 Å². The molecular weight excluding hydrogens is 412 g/mol. The average molecular weight is 433 g/mol. The molecular formula is C25H21ClN2O3. The number of halogens is 1. The Morgan fingerprint density at radius 2 is 1.58 bits per heavy atom. The van der Waals surface area contributed by atoms with Crippen molar-refractivity contribution in [3.05, 3.63) is 94.1 Å². The molecule has 0 saturated carbocycles. The van der Waals surface area contributed by atoms with Gasteiger partial charge >= 0.3 is 0 Å². The van der Waals surface area contributed by atoms with E-state index in [1.165, 1.54) is 7.11 Å². The van der Waals surface area contributed by atoms with Crippen LogP contribution in [-0.2, 0) is 9.59 Å². The van der Waals surface area contributed by atoms with Crippen LogP contribution in [-0.4, -0.2) is 18.9 Å². The van der Waals surface area contributed by atoms with Gasteiger partial charge in [-0.2, -0.15) is 0 Å². The molecule has 0 fully saturated rings. The lowest BCUT2D eigenvalue weighted by Gasteiger charge is -2.18. The van der Waals surface area contributed by atoms with Crippen LogP contribution >= 0.6 is 11.6 Å². The minimum absolute atomic E-state index is 0.199. The van der Waals surface area contributed by atoms with Crippen molar-refractivity contribution in [1.82, 2.24) is 0 Å². The summed E-state index contributed by atoms with van der Waals surface area (Å²) in [5, 5.41) is 3.74. The van der Waals surface area contributed by atoms with Gasteiger partial charge in [0.25, 0.3) is 11.8 Å². The molecule has 4 rings (SSSR count). The Labute approximate surface area is 185 Å². The number of anilines is 2. The van der Waals surface area contributed by atoms with Crippen LogP contribution in [0.1, 0.15) is 16.7 Å². The van der Waals surface area contributed by atoms with Crippen LogP contribution in [0.2, 0.25) is 5.02 Å². The Hall–Kier alpha value is -3.57. The summed E-state index contributed by atoms with van der Waals surface area (Å²) in [5.41, 5.74) is 4.06. The van der Waals surface area contributed by atoms with Gasteiger partial charge < -0.3 is 10.1 Å². The quantitative estimate of drug-likeness (QED) is 0.551. The van der Waals surface area contributed by atoms with Crippen LogP contribution in [0.15, 0.2) is 72.4 Å². The summed E-state index contributed by atoms with van der Waals surface area (Å²) in [4.78, 5) is 28.2. The Morgan fingerprint density at radius 3 is 2.29 bits per heavy atom. The average Bonchev–Trinajstić information content (AvgIpc) is 3.01. The summed E-state index contributed by atoms with van der Waals surface area (Å²) < 4.78 is 5.40. The second-order valence-corrected chi connectivity index (χ2v) is 7.68. The number of nitrogens with zero attached hydrogens (tertiary/aromatic N) is 1. The topological polar surface area (TPSA) is 58.6 Å². The van der Waals surface area contributed by atoms with E-state index in [2.05, 4.69) is 5.32 Å². The van der Waals surface area contributed by atoms with Gasteiger partial charge in [-0.15, -0.1) is 0 Å². The molecule has 31 heavy (non-hydrogen) atoms. The van der Waals surface area contributed by atoms with Crippen LogP contribution in [0.5, 0.6) is 5.75 Å². The van der Waals surface area contributed by atoms with Crippen molar-refractivity contribution in [2.24, 2.45) is 0 Å². The molecule has 0 saturated heterocycles. The van der Waals surface area contributed by atoms with Gasteiger partial charge in [-0.3, -0.25) is 9.59 Å². The van der Waals surface area contributed by atoms with Crippen molar-refractivity contribution >= 4 is 40.4 Å². The van der Waals surface area contributed by atoms with Gasteiger partial charge in [0.2, 0.25) is 0 Å². The number of hydrogen-bond acceptors (Lipinski definition) is 4. The van der Waals surface area contributed by atoms with Gasteiger partial charge in [0.1, 0.15) is 11.4 Å². The first-order valence-corrected chi connectivity index (χ1v) is 10.2. The third-order valence-corrected chi connectivity index (χ3v) is 5.69.